The van der Waals surface area contributed by atoms with Crippen LogP contribution in [0.1, 0.15) is 44.9 Å². The summed E-state index contributed by atoms with van der Waals surface area (Å²) in [6, 6.07) is 4.01. The number of nitrogens with one attached hydrogen (secondary N) is 2. The van der Waals surface area contributed by atoms with Gasteiger partial charge in [-0.05, 0) is 37.8 Å². The Balaban J connectivity index is 1.33. The molecular weight excluding hydrogens is 316 g/mol. The third-order valence-electron chi connectivity index (χ3n) is 5.42. The maximum atomic E-state index is 12.6. The van der Waals surface area contributed by atoms with Crippen molar-refractivity contribution in [3.05, 3.63) is 24.5 Å². The normalized spacial score (nSPS) is 19.6. The van der Waals surface area contributed by atoms with Crippen LogP contribution in [-0.2, 0) is 11.3 Å². The topological polar surface area (TPSA) is 66.4 Å². The predicted octanol–water partition coefficient (Wildman–Crippen LogP) is 2.36. The van der Waals surface area contributed by atoms with E-state index in [4.69, 9.17) is 0 Å². The molecule has 2 fully saturated rings. The lowest BCUT2D eigenvalue weighted by atomic mass is 9.87. The number of aromatic nitrogens is 1. The van der Waals surface area contributed by atoms with E-state index in [-0.39, 0.29) is 18.0 Å². The summed E-state index contributed by atoms with van der Waals surface area (Å²) < 4.78 is 2.04. The van der Waals surface area contributed by atoms with Gasteiger partial charge < -0.3 is 20.1 Å². The highest BCUT2D eigenvalue weighted by Gasteiger charge is 2.29. The van der Waals surface area contributed by atoms with Gasteiger partial charge in [0.25, 0.3) is 0 Å². The molecule has 1 aliphatic heterocycles. The van der Waals surface area contributed by atoms with Gasteiger partial charge >= 0.3 is 6.03 Å². The van der Waals surface area contributed by atoms with Crippen molar-refractivity contribution in [2.24, 2.45) is 5.92 Å². The molecule has 1 saturated heterocycles. The molecule has 2 N–H and O–H groups in total. The second-order valence-electron chi connectivity index (χ2n) is 7.26. The molecule has 6 nitrogen and oxygen atoms in total. The SMILES string of the molecule is O=C(NCCn1cccc1)NC1CCN(C(=O)C2CCCCC2)CC1. The van der Waals surface area contributed by atoms with Crippen LogP contribution in [0.15, 0.2) is 24.5 Å². The molecule has 1 aromatic rings. The van der Waals surface area contributed by atoms with Gasteiger partial charge in [-0.2, -0.15) is 0 Å². The standard InChI is InChI=1S/C19H30N4O2/c24-18(16-6-2-1-3-7-16)23-13-8-17(9-14-23)21-19(25)20-10-15-22-11-4-5-12-22/h4-5,11-12,16-17H,1-3,6-10,13-15H2,(H2,20,21,25). The largest absolute Gasteiger partial charge is 0.353 e. The average molecular weight is 346 g/mol. The van der Waals surface area contributed by atoms with E-state index in [0.29, 0.717) is 12.5 Å². The number of carbonyl (C=O) groups is 2. The fourth-order valence-corrected chi connectivity index (χ4v) is 3.91. The van der Waals surface area contributed by atoms with Crippen molar-refractivity contribution < 1.29 is 9.59 Å². The zero-order valence-corrected chi connectivity index (χ0v) is 15.0. The quantitative estimate of drug-likeness (QED) is 0.859. The lowest BCUT2D eigenvalue weighted by molar-refractivity contribution is -0.137. The van der Waals surface area contributed by atoms with E-state index >= 15 is 0 Å². The van der Waals surface area contributed by atoms with Gasteiger partial charge in [-0.1, -0.05) is 19.3 Å². The summed E-state index contributed by atoms with van der Waals surface area (Å²) in [5, 5.41) is 5.94. The lowest BCUT2D eigenvalue weighted by Gasteiger charge is -2.35. The molecule has 0 bridgehead atoms. The van der Waals surface area contributed by atoms with Crippen molar-refractivity contribution in [2.45, 2.75) is 57.5 Å². The summed E-state index contributed by atoms with van der Waals surface area (Å²) in [4.78, 5) is 26.6. The summed E-state index contributed by atoms with van der Waals surface area (Å²) in [7, 11) is 0. The molecule has 25 heavy (non-hydrogen) atoms. The van der Waals surface area contributed by atoms with Crippen molar-refractivity contribution in [2.75, 3.05) is 19.6 Å². The summed E-state index contributed by atoms with van der Waals surface area (Å²) in [6.45, 7) is 2.92. The van der Waals surface area contributed by atoms with Crippen LogP contribution in [0.3, 0.4) is 0 Å². The van der Waals surface area contributed by atoms with Crippen LogP contribution in [0.5, 0.6) is 0 Å². The van der Waals surface area contributed by atoms with Crippen molar-refractivity contribution in [1.29, 1.82) is 0 Å². The molecule has 1 aromatic heterocycles. The summed E-state index contributed by atoms with van der Waals surface area (Å²) in [6.07, 6.45) is 11.4. The third kappa shape index (κ3) is 5.25. The van der Waals surface area contributed by atoms with Crippen LogP contribution in [0, 0.1) is 5.92 Å². The molecule has 6 heteroatoms. The molecule has 0 atom stereocenters. The Morgan fingerprint density at radius 2 is 1.64 bits per heavy atom. The Kier molecular flexibility index (Phi) is 6.36. The van der Waals surface area contributed by atoms with Gasteiger partial charge in [0, 0.05) is 50.5 Å². The minimum absolute atomic E-state index is 0.107. The van der Waals surface area contributed by atoms with Crippen molar-refractivity contribution in [3.8, 4) is 0 Å². The summed E-state index contributed by atoms with van der Waals surface area (Å²) >= 11 is 0. The Hall–Kier alpha value is -1.98. The molecule has 1 aliphatic carbocycles. The van der Waals surface area contributed by atoms with Crippen LogP contribution < -0.4 is 10.6 Å². The zero-order valence-electron chi connectivity index (χ0n) is 15.0. The van der Waals surface area contributed by atoms with Crippen LogP contribution in [-0.4, -0.2) is 47.1 Å². The first-order valence-corrected chi connectivity index (χ1v) is 9.66. The first-order valence-electron chi connectivity index (χ1n) is 9.66. The van der Waals surface area contributed by atoms with Crippen LogP contribution in [0.4, 0.5) is 4.79 Å². The number of hydrogen-bond acceptors (Lipinski definition) is 2. The molecule has 3 rings (SSSR count). The second-order valence-corrected chi connectivity index (χ2v) is 7.26. The minimum Gasteiger partial charge on any atom is -0.353 e. The molecule has 3 amide bonds. The molecule has 138 valence electrons. The molecular formula is C19H30N4O2. The van der Waals surface area contributed by atoms with E-state index in [1.807, 2.05) is 34.0 Å². The van der Waals surface area contributed by atoms with Gasteiger partial charge in [0.05, 0.1) is 0 Å². The van der Waals surface area contributed by atoms with E-state index in [9.17, 15) is 9.59 Å². The molecule has 0 aromatic carbocycles. The van der Waals surface area contributed by atoms with Gasteiger partial charge in [-0.15, -0.1) is 0 Å². The highest BCUT2D eigenvalue weighted by Crippen LogP contribution is 2.26. The van der Waals surface area contributed by atoms with Crippen molar-refractivity contribution in [3.63, 3.8) is 0 Å². The number of hydrogen-bond donors (Lipinski definition) is 2. The molecule has 0 unspecified atom stereocenters. The third-order valence-corrected chi connectivity index (χ3v) is 5.42. The van der Waals surface area contributed by atoms with Crippen molar-refractivity contribution >= 4 is 11.9 Å². The molecule has 2 aliphatic rings. The number of likely N-dealkylation sites (tertiary alicyclic amines) is 1. The number of amides is 3. The Labute approximate surface area is 149 Å². The first kappa shape index (κ1) is 17.8. The monoisotopic (exact) mass is 346 g/mol. The van der Waals surface area contributed by atoms with E-state index in [2.05, 4.69) is 10.6 Å². The van der Waals surface area contributed by atoms with Gasteiger partial charge in [0.2, 0.25) is 5.91 Å². The molecule has 0 radical (unpaired) electrons. The zero-order chi connectivity index (χ0) is 17.5. The fraction of sp³-hybridized carbons (Fsp3) is 0.684. The Morgan fingerprint density at radius 3 is 2.32 bits per heavy atom. The Bertz CT molecular complexity index is 544. The second kappa shape index (κ2) is 8.92. The maximum Gasteiger partial charge on any atom is 0.315 e. The molecule has 2 heterocycles. The molecule has 1 saturated carbocycles. The van der Waals surface area contributed by atoms with E-state index in [0.717, 1.165) is 45.3 Å². The van der Waals surface area contributed by atoms with Crippen LogP contribution >= 0.6 is 0 Å². The number of nitrogens with zero attached hydrogens (tertiary/aromatic N) is 2. The summed E-state index contributed by atoms with van der Waals surface area (Å²) in [5.74, 6) is 0.588. The maximum absolute atomic E-state index is 12.6. The predicted molar refractivity (Wildman–Crippen MR) is 97.1 cm³/mol. The molecule has 0 spiro atoms. The number of piperidine rings is 1. The van der Waals surface area contributed by atoms with Gasteiger partial charge in [-0.3, -0.25) is 4.79 Å². The van der Waals surface area contributed by atoms with Crippen molar-refractivity contribution in [1.82, 2.24) is 20.1 Å². The average Bonchev–Trinajstić information content (AvgIpc) is 3.16. The number of urea groups is 1. The lowest BCUT2D eigenvalue weighted by Crippen LogP contribution is -2.50. The highest BCUT2D eigenvalue weighted by molar-refractivity contribution is 5.79. The smallest absolute Gasteiger partial charge is 0.315 e. The van der Waals surface area contributed by atoms with Crippen LogP contribution in [0.2, 0.25) is 0 Å². The fourth-order valence-electron chi connectivity index (χ4n) is 3.91. The van der Waals surface area contributed by atoms with Crippen LogP contribution in [0.25, 0.3) is 0 Å². The first-order chi connectivity index (χ1) is 12.2. The highest BCUT2D eigenvalue weighted by atomic mass is 16.2. The van der Waals surface area contributed by atoms with E-state index in [1.54, 1.807) is 0 Å². The Morgan fingerprint density at radius 1 is 0.960 bits per heavy atom. The van der Waals surface area contributed by atoms with E-state index < -0.39 is 0 Å². The number of rotatable bonds is 5. The minimum atomic E-state index is -0.107. The van der Waals surface area contributed by atoms with Gasteiger partial charge in [0.15, 0.2) is 0 Å². The summed E-state index contributed by atoms with van der Waals surface area (Å²) in [5.41, 5.74) is 0. The van der Waals surface area contributed by atoms with E-state index in [1.165, 1.54) is 19.3 Å². The van der Waals surface area contributed by atoms with Gasteiger partial charge in [0.1, 0.15) is 0 Å². The number of carbonyl (C=O) groups excluding carboxylic acids is 2. The van der Waals surface area contributed by atoms with Gasteiger partial charge in [-0.25, -0.2) is 4.79 Å².